The highest BCUT2D eigenvalue weighted by molar-refractivity contribution is 6.71. The molecule has 6 nitrogen and oxygen atoms in total. The minimum atomic E-state index is -2.13. The van der Waals surface area contributed by atoms with Crippen LogP contribution >= 0.6 is 0 Å². The number of carbonyl (C=O) groups excluding carboxylic acids is 2. The van der Waals surface area contributed by atoms with Crippen LogP contribution in [0.1, 0.15) is 39.2 Å². The van der Waals surface area contributed by atoms with Crippen molar-refractivity contribution in [1.82, 2.24) is 4.90 Å². The zero-order valence-corrected chi connectivity index (χ0v) is 20.7. The van der Waals surface area contributed by atoms with Crippen LogP contribution in [0.5, 0.6) is 0 Å². The van der Waals surface area contributed by atoms with Crippen LogP contribution in [-0.4, -0.2) is 49.6 Å². The average Bonchev–Trinajstić information content (AvgIpc) is 3.12. The Hall–Kier alpha value is -2.12. The van der Waals surface area contributed by atoms with E-state index < -0.39 is 31.9 Å². The van der Waals surface area contributed by atoms with E-state index in [1.54, 1.807) is 11.0 Å². The number of likely N-dealkylation sites (tertiary alicyclic amines) is 1. The summed E-state index contributed by atoms with van der Waals surface area (Å²) in [6.07, 6.45) is 2.08. The first kappa shape index (κ1) is 25.1. The van der Waals surface area contributed by atoms with Crippen LogP contribution in [0.15, 0.2) is 43.0 Å². The fourth-order valence-corrected chi connectivity index (χ4v) is 4.40. The summed E-state index contributed by atoms with van der Waals surface area (Å²) in [6.45, 7) is 16.3. The fraction of sp³-hybridized carbons (Fsp3) is 0.583. The summed E-state index contributed by atoms with van der Waals surface area (Å²) in [5.74, 6) is -0.793. The molecule has 0 N–H and O–H groups in total. The van der Waals surface area contributed by atoms with Crippen LogP contribution in [0.25, 0.3) is 0 Å². The molecule has 0 bridgehead atoms. The van der Waals surface area contributed by atoms with Gasteiger partial charge in [0.15, 0.2) is 6.10 Å². The Bertz CT molecular complexity index is 753. The first-order chi connectivity index (χ1) is 14.4. The van der Waals surface area contributed by atoms with E-state index in [0.29, 0.717) is 6.54 Å². The number of hydrogen-bond donors (Lipinski definition) is 0. The van der Waals surface area contributed by atoms with Gasteiger partial charge in [-0.15, -0.1) is 6.58 Å². The molecule has 1 aromatic carbocycles. The molecular formula is C24H37NO5Si. The van der Waals surface area contributed by atoms with E-state index in [4.69, 9.17) is 13.9 Å². The third-order valence-corrected chi connectivity index (χ3v) is 5.72. The van der Waals surface area contributed by atoms with Crippen molar-refractivity contribution in [3.63, 3.8) is 0 Å². The number of carbonyl (C=O) groups is 2. The lowest BCUT2D eigenvalue weighted by Gasteiger charge is -2.35. The van der Waals surface area contributed by atoms with Gasteiger partial charge in [0.25, 0.3) is 0 Å². The van der Waals surface area contributed by atoms with Crippen molar-refractivity contribution >= 4 is 20.4 Å². The quantitative estimate of drug-likeness (QED) is 0.407. The molecule has 1 amide bonds. The van der Waals surface area contributed by atoms with Crippen LogP contribution < -0.4 is 0 Å². The van der Waals surface area contributed by atoms with Gasteiger partial charge in [0, 0.05) is 18.5 Å². The van der Waals surface area contributed by atoms with E-state index in [9.17, 15) is 9.59 Å². The van der Waals surface area contributed by atoms with Crippen molar-refractivity contribution in [2.24, 2.45) is 5.92 Å². The van der Waals surface area contributed by atoms with Gasteiger partial charge in [-0.25, -0.2) is 4.79 Å². The van der Waals surface area contributed by atoms with Crippen LogP contribution in [0.4, 0.5) is 4.79 Å². The minimum absolute atomic E-state index is 0.234. The maximum Gasteiger partial charge on any atom is 0.410 e. The lowest BCUT2D eigenvalue weighted by atomic mass is 9.91. The predicted octanol–water partition coefficient (Wildman–Crippen LogP) is 5.15. The maximum absolute atomic E-state index is 13.1. The van der Waals surface area contributed by atoms with Crippen molar-refractivity contribution in [2.75, 3.05) is 6.54 Å². The van der Waals surface area contributed by atoms with Gasteiger partial charge in [0.1, 0.15) is 5.60 Å². The van der Waals surface area contributed by atoms with Gasteiger partial charge >= 0.3 is 12.1 Å². The lowest BCUT2D eigenvalue weighted by Crippen LogP contribution is -2.49. The summed E-state index contributed by atoms with van der Waals surface area (Å²) in [6, 6.07) is 9.46. The highest BCUT2D eigenvalue weighted by Crippen LogP contribution is 2.31. The molecule has 1 heterocycles. The second-order valence-corrected chi connectivity index (χ2v) is 14.4. The molecule has 172 valence electrons. The lowest BCUT2D eigenvalue weighted by molar-refractivity contribution is -0.153. The highest BCUT2D eigenvalue weighted by atomic mass is 28.4. The number of ether oxygens (including phenoxy) is 2. The fourth-order valence-electron chi connectivity index (χ4n) is 3.68. The monoisotopic (exact) mass is 447 g/mol. The second-order valence-electron chi connectivity index (χ2n) is 9.95. The Morgan fingerprint density at radius 3 is 2.42 bits per heavy atom. The molecule has 0 saturated carbocycles. The van der Waals surface area contributed by atoms with E-state index in [2.05, 4.69) is 6.58 Å². The predicted molar refractivity (Wildman–Crippen MR) is 124 cm³/mol. The van der Waals surface area contributed by atoms with Crippen molar-refractivity contribution in [1.29, 1.82) is 0 Å². The first-order valence-corrected chi connectivity index (χ1v) is 14.3. The highest BCUT2D eigenvalue weighted by Gasteiger charge is 2.43. The number of amides is 1. The SMILES string of the molecule is C=C[C@@H]([C@@H](OCc1ccccc1)C(=O)O[Si](C)(C)C)[C@@H]1CCCN1C(=O)OC(C)(C)C. The normalized spacial score (nSPS) is 18.9. The number of rotatable bonds is 8. The Kier molecular flexibility index (Phi) is 8.48. The first-order valence-electron chi connectivity index (χ1n) is 10.9. The van der Waals surface area contributed by atoms with E-state index in [1.165, 1.54) is 0 Å². The summed E-state index contributed by atoms with van der Waals surface area (Å²) in [5.41, 5.74) is 0.375. The van der Waals surface area contributed by atoms with Gasteiger partial charge in [-0.05, 0) is 58.8 Å². The zero-order chi connectivity index (χ0) is 23.2. The van der Waals surface area contributed by atoms with Crippen molar-refractivity contribution in [2.45, 2.75) is 77.6 Å². The van der Waals surface area contributed by atoms with Crippen molar-refractivity contribution in [3.8, 4) is 0 Å². The van der Waals surface area contributed by atoms with Gasteiger partial charge in [-0.2, -0.15) is 0 Å². The Morgan fingerprint density at radius 2 is 1.87 bits per heavy atom. The molecule has 0 spiro atoms. The van der Waals surface area contributed by atoms with E-state index in [-0.39, 0.29) is 18.7 Å². The van der Waals surface area contributed by atoms with Crippen LogP contribution in [0.3, 0.4) is 0 Å². The largest absolute Gasteiger partial charge is 0.518 e. The summed E-state index contributed by atoms with van der Waals surface area (Å²) in [5, 5.41) is 0. The molecule has 1 aliphatic rings. The van der Waals surface area contributed by atoms with E-state index in [0.717, 1.165) is 18.4 Å². The summed E-state index contributed by atoms with van der Waals surface area (Å²) in [4.78, 5) is 27.7. The number of hydrogen-bond acceptors (Lipinski definition) is 5. The third-order valence-electron chi connectivity index (χ3n) is 4.90. The average molecular weight is 448 g/mol. The second kappa shape index (κ2) is 10.5. The molecule has 0 unspecified atom stereocenters. The summed E-state index contributed by atoms with van der Waals surface area (Å²) < 4.78 is 17.5. The molecule has 0 radical (unpaired) electrons. The van der Waals surface area contributed by atoms with Crippen molar-refractivity contribution in [3.05, 3.63) is 48.6 Å². The molecule has 3 atom stereocenters. The molecule has 7 heteroatoms. The molecule has 0 aromatic heterocycles. The summed E-state index contributed by atoms with van der Waals surface area (Å²) >= 11 is 0. The Labute approximate surface area is 187 Å². The topological polar surface area (TPSA) is 65.1 Å². The summed E-state index contributed by atoms with van der Waals surface area (Å²) in [7, 11) is -2.13. The van der Waals surface area contributed by atoms with Gasteiger partial charge in [-0.3, -0.25) is 4.79 Å². The van der Waals surface area contributed by atoms with Crippen LogP contribution in [0.2, 0.25) is 19.6 Å². The molecule has 1 aliphatic heterocycles. The number of nitrogens with zero attached hydrogens (tertiary/aromatic N) is 1. The van der Waals surface area contributed by atoms with Gasteiger partial charge in [0.2, 0.25) is 8.32 Å². The Balaban J connectivity index is 2.26. The van der Waals surface area contributed by atoms with Gasteiger partial charge in [0.05, 0.1) is 6.61 Å². The molecule has 31 heavy (non-hydrogen) atoms. The standard InChI is InChI=1S/C24H37NO5Si/c1-8-19(20-15-12-16-25(20)23(27)29-24(2,3)4)21(22(26)30-31(5,6)7)28-17-18-13-10-9-11-14-18/h8-11,13-14,19-21H,1,12,15-17H2,2-7H3/t19-,20+,21-/m1/s1. The molecule has 1 fully saturated rings. The number of benzene rings is 1. The molecule has 1 aromatic rings. The molecule has 2 rings (SSSR count). The van der Waals surface area contributed by atoms with Crippen molar-refractivity contribution < 1.29 is 23.5 Å². The van der Waals surface area contributed by atoms with Gasteiger partial charge in [-0.1, -0.05) is 36.4 Å². The molecular weight excluding hydrogens is 410 g/mol. The van der Waals surface area contributed by atoms with Crippen LogP contribution in [-0.2, 0) is 25.3 Å². The van der Waals surface area contributed by atoms with E-state index >= 15 is 0 Å². The van der Waals surface area contributed by atoms with E-state index in [1.807, 2.05) is 70.7 Å². The maximum atomic E-state index is 13.1. The third kappa shape index (κ3) is 7.81. The smallest absolute Gasteiger partial charge is 0.410 e. The minimum Gasteiger partial charge on any atom is -0.518 e. The molecule has 1 saturated heterocycles. The molecule has 0 aliphatic carbocycles. The Morgan fingerprint density at radius 1 is 1.23 bits per heavy atom. The van der Waals surface area contributed by atoms with Gasteiger partial charge < -0.3 is 18.8 Å². The van der Waals surface area contributed by atoms with Crippen LogP contribution in [0, 0.1) is 5.92 Å². The zero-order valence-electron chi connectivity index (χ0n) is 19.7.